The Morgan fingerprint density at radius 2 is 2.31 bits per heavy atom. The van der Waals surface area contributed by atoms with Gasteiger partial charge in [0, 0.05) is 7.05 Å². The van der Waals surface area contributed by atoms with Crippen molar-refractivity contribution in [2.75, 3.05) is 5.73 Å². The summed E-state index contributed by atoms with van der Waals surface area (Å²) in [6, 6.07) is 2.01. The quantitative estimate of drug-likeness (QED) is 0.747. The number of aryl methyl sites for hydroxylation is 2. The van der Waals surface area contributed by atoms with Crippen LogP contribution in [0.1, 0.15) is 5.69 Å². The summed E-state index contributed by atoms with van der Waals surface area (Å²) in [4.78, 5) is 1.06. The van der Waals surface area contributed by atoms with Gasteiger partial charge in [-0.05, 0) is 24.5 Å². The van der Waals surface area contributed by atoms with Crippen LogP contribution < -0.4 is 5.73 Å². The number of anilines is 1. The van der Waals surface area contributed by atoms with Gasteiger partial charge in [-0.1, -0.05) is 0 Å². The Hall–Kier alpha value is -1.36. The van der Waals surface area contributed by atoms with Crippen molar-refractivity contribution >= 4 is 17.2 Å². The summed E-state index contributed by atoms with van der Waals surface area (Å²) < 4.78 is 5.97. The van der Waals surface area contributed by atoms with Crippen molar-refractivity contribution < 1.29 is 0 Å². The Bertz CT molecular complexity index is 410. The van der Waals surface area contributed by atoms with Gasteiger partial charge in [0.25, 0.3) is 0 Å². The Morgan fingerprint density at radius 3 is 2.77 bits per heavy atom. The largest absolute Gasteiger partial charge is 0.396 e. The topological polar surface area (TPSA) is 56.7 Å². The number of nitrogens with zero attached hydrogens (tertiary/aromatic N) is 3. The molecule has 0 aliphatic heterocycles. The predicted molar refractivity (Wildman–Crippen MR) is 53.5 cm³/mol. The van der Waals surface area contributed by atoms with Gasteiger partial charge in [0.05, 0.1) is 22.5 Å². The molecule has 0 aliphatic rings. The first-order chi connectivity index (χ1) is 6.18. The van der Waals surface area contributed by atoms with Gasteiger partial charge >= 0.3 is 0 Å². The van der Waals surface area contributed by atoms with Crippen molar-refractivity contribution in [3.8, 4) is 10.6 Å². The molecule has 2 aromatic heterocycles. The lowest BCUT2D eigenvalue weighted by molar-refractivity contribution is 0.777. The van der Waals surface area contributed by atoms with Crippen molar-refractivity contribution in [2.24, 2.45) is 7.05 Å². The molecule has 0 unspecified atom stereocenters. The fourth-order valence-electron chi connectivity index (χ4n) is 1.23. The van der Waals surface area contributed by atoms with Crippen LogP contribution in [0.4, 0.5) is 5.69 Å². The van der Waals surface area contributed by atoms with E-state index >= 15 is 0 Å². The Balaban J connectivity index is 2.57. The molecule has 0 atom stereocenters. The molecule has 5 heteroatoms. The molecule has 0 aromatic carbocycles. The fraction of sp³-hybridized carbons (Fsp3) is 0.250. The van der Waals surface area contributed by atoms with Crippen LogP contribution in [-0.4, -0.2) is 14.2 Å². The highest BCUT2D eigenvalue weighted by Gasteiger charge is 2.10. The summed E-state index contributed by atoms with van der Waals surface area (Å²) in [5, 5.41) is 4.07. The lowest BCUT2D eigenvalue weighted by Gasteiger charge is -1.97. The monoisotopic (exact) mass is 194 g/mol. The Labute approximate surface area is 80.2 Å². The zero-order valence-electron chi connectivity index (χ0n) is 7.48. The normalized spacial score (nSPS) is 10.6. The SMILES string of the molecule is Cc1cc(-c2c(N)cnn2C)sn1. The first kappa shape index (κ1) is 8.25. The van der Waals surface area contributed by atoms with E-state index in [1.165, 1.54) is 11.5 Å². The van der Waals surface area contributed by atoms with Crippen molar-refractivity contribution in [1.82, 2.24) is 14.2 Å². The van der Waals surface area contributed by atoms with E-state index in [4.69, 9.17) is 5.73 Å². The summed E-state index contributed by atoms with van der Waals surface area (Å²) in [7, 11) is 1.88. The number of aromatic nitrogens is 3. The van der Waals surface area contributed by atoms with Gasteiger partial charge in [0.15, 0.2) is 0 Å². The van der Waals surface area contributed by atoms with E-state index in [1.54, 1.807) is 10.9 Å². The minimum absolute atomic E-state index is 0.700. The molecule has 13 heavy (non-hydrogen) atoms. The number of hydrogen-bond acceptors (Lipinski definition) is 4. The van der Waals surface area contributed by atoms with E-state index in [1.807, 2.05) is 20.0 Å². The van der Waals surface area contributed by atoms with E-state index in [0.29, 0.717) is 5.69 Å². The van der Waals surface area contributed by atoms with Crippen LogP contribution in [0.3, 0.4) is 0 Å². The molecule has 0 saturated carbocycles. The zero-order chi connectivity index (χ0) is 9.42. The minimum Gasteiger partial charge on any atom is -0.396 e. The van der Waals surface area contributed by atoms with Crippen LogP contribution in [0.15, 0.2) is 12.3 Å². The van der Waals surface area contributed by atoms with Crippen LogP contribution in [0.2, 0.25) is 0 Å². The average molecular weight is 194 g/mol. The predicted octanol–water partition coefficient (Wildman–Crippen LogP) is 1.43. The number of rotatable bonds is 1. The first-order valence-electron chi connectivity index (χ1n) is 3.89. The third-order valence-corrected chi connectivity index (χ3v) is 2.72. The highest BCUT2D eigenvalue weighted by atomic mass is 32.1. The van der Waals surface area contributed by atoms with Gasteiger partial charge in [-0.2, -0.15) is 9.47 Å². The van der Waals surface area contributed by atoms with Gasteiger partial charge in [0.2, 0.25) is 0 Å². The summed E-state index contributed by atoms with van der Waals surface area (Å²) in [6.45, 7) is 1.96. The maximum absolute atomic E-state index is 5.78. The van der Waals surface area contributed by atoms with E-state index in [2.05, 4.69) is 9.47 Å². The van der Waals surface area contributed by atoms with E-state index in [9.17, 15) is 0 Å². The van der Waals surface area contributed by atoms with Gasteiger partial charge in [-0.3, -0.25) is 4.68 Å². The molecule has 2 N–H and O–H groups in total. The molecular formula is C8H10N4S. The lowest BCUT2D eigenvalue weighted by Crippen LogP contribution is -1.93. The average Bonchev–Trinajstić information content (AvgIpc) is 2.60. The van der Waals surface area contributed by atoms with Gasteiger partial charge in [-0.25, -0.2) is 0 Å². The molecule has 0 amide bonds. The molecule has 4 nitrogen and oxygen atoms in total. The highest BCUT2D eigenvalue weighted by molar-refractivity contribution is 7.09. The molecular weight excluding hydrogens is 184 g/mol. The minimum atomic E-state index is 0.700. The third kappa shape index (κ3) is 1.31. The second-order valence-corrected chi connectivity index (χ2v) is 3.71. The van der Waals surface area contributed by atoms with Crippen LogP contribution in [0.5, 0.6) is 0 Å². The second kappa shape index (κ2) is 2.85. The van der Waals surface area contributed by atoms with Crippen LogP contribution in [-0.2, 0) is 7.05 Å². The smallest absolute Gasteiger partial charge is 0.102 e. The van der Waals surface area contributed by atoms with Crippen LogP contribution in [0.25, 0.3) is 10.6 Å². The molecule has 68 valence electrons. The fourth-order valence-corrected chi connectivity index (χ4v) is 2.09. The molecule has 2 heterocycles. The number of hydrogen-bond donors (Lipinski definition) is 1. The van der Waals surface area contributed by atoms with E-state index in [-0.39, 0.29) is 0 Å². The number of nitrogen functional groups attached to an aromatic ring is 1. The van der Waals surface area contributed by atoms with Crippen molar-refractivity contribution in [3.63, 3.8) is 0 Å². The van der Waals surface area contributed by atoms with Crippen molar-refractivity contribution in [1.29, 1.82) is 0 Å². The summed E-state index contributed by atoms with van der Waals surface area (Å²) in [6.07, 6.45) is 1.66. The van der Waals surface area contributed by atoms with E-state index < -0.39 is 0 Å². The Morgan fingerprint density at radius 1 is 1.54 bits per heavy atom. The zero-order valence-corrected chi connectivity index (χ0v) is 8.30. The first-order valence-corrected chi connectivity index (χ1v) is 4.67. The van der Waals surface area contributed by atoms with Gasteiger partial charge < -0.3 is 5.73 Å². The highest BCUT2D eigenvalue weighted by Crippen LogP contribution is 2.28. The van der Waals surface area contributed by atoms with Crippen LogP contribution in [0, 0.1) is 6.92 Å². The molecule has 2 aromatic rings. The summed E-state index contributed by atoms with van der Waals surface area (Å²) in [5.41, 5.74) is 8.44. The van der Waals surface area contributed by atoms with Crippen LogP contribution >= 0.6 is 11.5 Å². The second-order valence-electron chi connectivity index (χ2n) is 2.90. The maximum atomic E-state index is 5.78. The lowest BCUT2D eigenvalue weighted by atomic mass is 10.3. The van der Waals surface area contributed by atoms with Crippen molar-refractivity contribution in [3.05, 3.63) is 18.0 Å². The summed E-state index contributed by atoms with van der Waals surface area (Å²) >= 11 is 1.44. The molecule has 0 bridgehead atoms. The maximum Gasteiger partial charge on any atom is 0.102 e. The standard InChI is InChI=1S/C8H10N4S/c1-5-3-7(13-11-5)8-6(9)4-10-12(8)2/h3-4H,9H2,1-2H3. The van der Waals surface area contributed by atoms with Gasteiger partial charge in [0.1, 0.15) is 5.69 Å². The molecule has 0 spiro atoms. The number of nitrogens with two attached hydrogens (primary N) is 1. The third-order valence-electron chi connectivity index (χ3n) is 1.83. The Kier molecular flexibility index (Phi) is 1.81. The molecule has 0 fully saturated rings. The van der Waals surface area contributed by atoms with Crippen molar-refractivity contribution in [2.45, 2.75) is 6.92 Å². The van der Waals surface area contributed by atoms with Gasteiger partial charge in [-0.15, -0.1) is 0 Å². The molecule has 0 aliphatic carbocycles. The molecule has 2 rings (SSSR count). The molecule has 0 saturated heterocycles. The summed E-state index contributed by atoms with van der Waals surface area (Å²) in [5.74, 6) is 0. The van der Waals surface area contributed by atoms with E-state index in [0.717, 1.165) is 16.3 Å². The molecule has 0 radical (unpaired) electrons.